The number of phosphoric acid groups is 1. The molecule has 0 saturated carbocycles. The fourth-order valence-corrected chi connectivity index (χ4v) is 6.73. The van der Waals surface area contributed by atoms with Gasteiger partial charge in [0.15, 0.2) is 6.04 Å². The van der Waals surface area contributed by atoms with E-state index in [0.29, 0.717) is 12.8 Å². The van der Waals surface area contributed by atoms with E-state index in [1.165, 1.54) is 103 Å². The van der Waals surface area contributed by atoms with Crippen LogP contribution in [0.1, 0.15) is 200 Å². The maximum Gasteiger partial charge on any atom is 0.472 e. The largest absolute Gasteiger partial charge is 0.480 e. The lowest BCUT2D eigenvalue weighted by Crippen LogP contribution is -2.43. The number of aliphatic hydroxyl groups excluding tert-OH is 1. The van der Waals surface area contributed by atoms with Crippen LogP contribution in [0.3, 0.4) is 0 Å². The lowest BCUT2D eigenvalue weighted by Gasteiger charge is -2.18. The molecule has 0 spiro atoms. The van der Waals surface area contributed by atoms with Crippen LogP contribution in [0.2, 0.25) is 0 Å². The summed E-state index contributed by atoms with van der Waals surface area (Å²) in [6.45, 7) is 2.58. The number of carbonyl (C=O) groups is 3. The summed E-state index contributed by atoms with van der Waals surface area (Å²) in [6.07, 6.45) is 35.2. The average molecular weight is 776 g/mol. The van der Waals surface area contributed by atoms with Crippen molar-refractivity contribution in [2.45, 2.75) is 212 Å². The predicted octanol–water partition coefficient (Wildman–Crippen LogP) is 10.5. The molecule has 0 aliphatic heterocycles. The quantitative estimate of drug-likeness (QED) is 0.0203. The molecule has 11 nitrogen and oxygen atoms in total. The van der Waals surface area contributed by atoms with Crippen LogP contribution in [0.4, 0.5) is 0 Å². The molecular formula is C41H78NO10P. The zero-order valence-corrected chi connectivity index (χ0v) is 34.5. The van der Waals surface area contributed by atoms with Gasteiger partial charge in [0.25, 0.3) is 0 Å². The Morgan fingerprint density at radius 3 is 1.43 bits per heavy atom. The van der Waals surface area contributed by atoms with Crippen molar-refractivity contribution < 1.29 is 47.8 Å². The van der Waals surface area contributed by atoms with Crippen LogP contribution in [-0.2, 0) is 32.7 Å². The second kappa shape index (κ2) is 37.2. The minimum atomic E-state index is -4.75. The highest BCUT2D eigenvalue weighted by molar-refractivity contribution is 7.47. The third kappa shape index (κ3) is 36.9. The van der Waals surface area contributed by atoms with E-state index < -0.39 is 57.6 Å². The number of rotatable bonds is 40. The number of unbranched alkanes of at least 4 members (excludes halogenated alkanes) is 24. The third-order valence-corrected chi connectivity index (χ3v) is 10.3. The Hall–Kier alpha value is -1.78. The Bertz CT molecular complexity index is 963. The maximum absolute atomic E-state index is 12.3. The molecule has 0 aromatic carbocycles. The molecule has 0 rings (SSSR count). The summed E-state index contributed by atoms with van der Waals surface area (Å²) in [5.41, 5.74) is 0. The van der Waals surface area contributed by atoms with E-state index in [1.54, 1.807) is 0 Å². The van der Waals surface area contributed by atoms with Gasteiger partial charge in [-0.3, -0.25) is 18.6 Å². The fraction of sp³-hybridized carbons (Fsp3) is 0.878. The van der Waals surface area contributed by atoms with E-state index >= 15 is 0 Å². The monoisotopic (exact) mass is 776 g/mol. The first-order valence-corrected chi connectivity index (χ1v) is 22.7. The molecule has 0 radical (unpaired) electrons. The number of nitrogens with one attached hydrogen (secondary N) is 1. The molecule has 12 heteroatoms. The first kappa shape index (κ1) is 51.2. The number of aliphatic hydroxyl groups is 1. The van der Waals surface area contributed by atoms with Crippen LogP contribution in [0.15, 0.2) is 12.2 Å². The van der Waals surface area contributed by atoms with Crippen LogP contribution in [-0.4, -0.2) is 64.9 Å². The molecule has 0 aromatic heterocycles. The number of aliphatic carboxylic acids is 1. The molecule has 0 heterocycles. The number of carboxylic acid groups (broad SMARTS) is 1. The minimum Gasteiger partial charge on any atom is -0.480 e. The van der Waals surface area contributed by atoms with Crippen LogP contribution >= 0.6 is 7.82 Å². The second-order valence-corrected chi connectivity index (χ2v) is 16.0. The molecule has 0 bridgehead atoms. The van der Waals surface area contributed by atoms with Gasteiger partial charge in [0, 0.05) is 12.8 Å². The topological polar surface area (TPSA) is 169 Å². The Labute approximate surface area is 322 Å². The second-order valence-electron chi connectivity index (χ2n) is 14.5. The normalized spacial score (nSPS) is 13.9. The lowest BCUT2D eigenvalue weighted by atomic mass is 10.0. The molecule has 53 heavy (non-hydrogen) atoms. The number of hydrogen-bond acceptors (Lipinski definition) is 8. The van der Waals surface area contributed by atoms with Gasteiger partial charge in [-0.25, -0.2) is 9.36 Å². The van der Waals surface area contributed by atoms with Crippen molar-refractivity contribution >= 4 is 25.7 Å². The SMILES string of the molecule is CCCCCCC/C=C\CCCCCCCC(=O)NC(COP(=O)(O)OCC(O)COC(=O)CCCCCCCCCCCCCCCCC)C(=O)O. The van der Waals surface area contributed by atoms with E-state index in [2.05, 4.69) is 31.3 Å². The Balaban J connectivity index is 3.91. The van der Waals surface area contributed by atoms with Gasteiger partial charge in [-0.15, -0.1) is 0 Å². The standard InChI is InChI=1S/C41H78NO10P/c1-3-5-7-9-11-13-15-17-19-21-23-25-27-29-31-33-40(45)50-34-37(43)35-51-53(48,49)52-36-38(41(46)47)42-39(44)32-30-28-26-24-22-20-18-16-14-12-10-8-6-4-2/h16,18,37-38,43H,3-15,17,19-36H2,1-2H3,(H,42,44)(H,46,47)(H,48,49)/b18-16-. The maximum atomic E-state index is 12.3. The van der Waals surface area contributed by atoms with Gasteiger partial charge < -0.3 is 25.2 Å². The summed E-state index contributed by atoms with van der Waals surface area (Å²) in [5.74, 6) is -2.37. The number of carbonyl (C=O) groups excluding carboxylic acids is 2. The lowest BCUT2D eigenvalue weighted by molar-refractivity contribution is -0.147. The molecule has 4 N–H and O–H groups in total. The Morgan fingerprint density at radius 2 is 0.981 bits per heavy atom. The minimum absolute atomic E-state index is 0.138. The third-order valence-electron chi connectivity index (χ3n) is 9.30. The molecule has 1 amide bonds. The molecule has 3 unspecified atom stereocenters. The number of amides is 1. The number of phosphoric ester groups is 1. The highest BCUT2D eigenvalue weighted by atomic mass is 31.2. The van der Waals surface area contributed by atoms with Crippen LogP contribution in [0.5, 0.6) is 0 Å². The summed E-state index contributed by atoms with van der Waals surface area (Å²) in [6, 6.07) is -1.55. The highest BCUT2D eigenvalue weighted by Crippen LogP contribution is 2.43. The molecule has 312 valence electrons. The van der Waals surface area contributed by atoms with Gasteiger partial charge in [0.2, 0.25) is 5.91 Å². The van der Waals surface area contributed by atoms with E-state index in [0.717, 1.165) is 57.8 Å². The van der Waals surface area contributed by atoms with Crippen LogP contribution < -0.4 is 5.32 Å². The van der Waals surface area contributed by atoms with E-state index in [4.69, 9.17) is 13.8 Å². The molecule has 0 fully saturated rings. The van der Waals surface area contributed by atoms with Crippen molar-refractivity contribution in [3.63, 3.8) is 0 Å². The predicted molar refractivity (Wildman–Crippen MR) is 213 cm³/mol. The van der Waals surface area contributed by atoms with Gasteiger partial charge in [-0.1, -0.05) is 161 Å². The highest BCUT2D eigenvalue weighted by Gasteiger charge is 2.28. The van der Waals surface area contributed by atoms with Gasteiger partial charge in [0.1, 0.15) is 12.7 Å². The zero-order chi connectivity index (χ0) is 39.3. The number of allylic oxidation sites excluding steroid dienone is 2. The number of hydrogen-bond donors (Lipinski definition) is 4. The van der Waals surface area contributed by atoms with E-state index in [9.17, 15) is 34.1 Å². The summed E-state index contributed by atoms with van der Waals surface area (Å²) in [7, 11) is -4.75. The van der Waals surface area contributed by atoms with Crippen molar-refractivity contribution in [1.82, 2.24) is 5.32 Å². The van der Waals surface area contributed by atoms with Crippen molar-refractivity contribution in [2.75, 3.05) is 19.8 Å². The van der Waals surface area contributed by atoms with Gasteiger partial charge in [-0.05, 0) is 38.5 Å². The first-order valence-electron chi connectivity index (χ1n) is 21.2. The fourth-order valence-electron chi connectivity index (χ4n) is 5.96. The van der Waals surface area contributed by atoms with Gasteiger partial charge >= 0.3 is 19.8 Å². The number of esters is 1. The van der Waals surface area contributed by atoms with Crippen molar-refractivity contribution in [2.24, 2.45) is 0 Å². The summed E-state index contributed by atoms with van der Waals surface area (Å²) in [5, 5.41) is 21.8. The zero-order valence-electron chi connectivity index (χ0n) is 33.6. The van der Waals surface area contributed by atoms with E-state index in [-0.39, 0.29) is 12.8 Å². The summed E-state index contributed by atoms with van der Waals surface area (Å²) >= 11 is 0. The van der Waals surface area contributed by atoms with Crippen molar-refractivity contribution in [3.8, 4) is 0 Å². The first-order chi connectivity index (χ1) is 25.6. The molecule has 3 atom stereocenters. The number of carboxylic acids is 1. The molecule has 0 aromatic rings. The summed E-state index contributed by atoms with van der Waals surface area (Å²) < 4.78 is 26.8. The molecule has 0 aliphatic carbocycles. The van der Waals surface area contributed by atoms with Gasteiger partial charge in [-0.2, -0.15) is 0 Å². The Kier molecular flexibility index (Phi) is 35.9. The molecular weight excluding hydrogens is 697 g/mol. The summed E-state index contributed by atoms with van der Waals surface area (Å²) in [4.78, 5) is 45.8. The average Bonchev–Trinajstić information content (AvgIpc) is 3.13. The molecule has 0 aliphatic rings. The smallest absolute Gasteiger partial charge is 0.472 e. The van der Waals surface area contributed by atoms with Gasteiger partial charge in [0.05, 0.1) is 13.2 Å². The van der Waals surface area contributed by atoms with E-state index in [1.807, 2.05) is 0 Å². The van der Waals surface area contributed by atoms with Crippen molar-refractivity contribution in [1.29, 1.82) is 0 Å². The van der Waals surface area contributed by atoms with Crippen LogP contribution in [0.25, 0.3) is 0 Å². The van der Waals surface area contributed by atoms with Crippen LogP contribution in [0, 0.1) is 0 Å². The molecule has 0 saturated heterocycles. The Morgan fingerprint density at radius 1 is 0.585 bits per heavy atom. The number of ether oxygens (including phenoxy) is 1. The van der Waals surface area contributed by atoms with Crippen molar-refractivity contribution in [3.05, 3.63) is 12.2 Å².